The van der Waals surface area contributed by atoms with Crippen molar-refractivity contribution in [1.82, 2.24) is 4.90 Å². The third-order valence-electron chi connectivity index (χ3n) is 3.85. The predicted octanol–water partition coefficient (Wildman–Crippen LogP) is 4.08. The molecule has 2 nitrogen and oxygen atoms in total. The molecule has 1 atom stereocenters. The van der Waals surface area contributed by atoms with Crippen LogP contribution in [0.25, 0.3) is 0 Å². The molecule has 0 saturated carbocycles. The van der Waals surface area contributed by atoms with Crippen LogP contribution < -0.4 is 0 Å². The van der Waals surface area contributed by atoms with Crippen molar-refractivity contribution in [1.29, 1.82) is 0 Å². The number of benzene rings is 1. The number of nitrogens with zero attached hydrogens (tertiary/aromatic N) is 1. The van der Waals surface area contributed by atoms with Gasteiger partial charge in [0, 0.05) is 6.54 Å². The van der Waals surface area contributed by atoms with E-state index >= 15 is 0 Å². The number of thiol groups is 1. The molecule has 1 amide bonds. The Morgan fingerprint density at radius 3 is 2.95 bits per heavy atom. The maximum Gasteiger partial charge on any atom is 0.279 e. The summed E-state index contributed by atoms with van der Waals surface area (Å²) in [7, 11) is 0. The third-order valence-corrected chi connectivity index (χ3v) is 4.11. The zero-order valence-corrected chi connectivity index (χ0v) is 12.1. The normalized spacial score (nSPS) is 21.1. The first-order chi connectivity index (χ1) is 9.77. The topological polar surface area (TPSA) is 20.3 Å². The molecule has 102 valence electrons. The van der Waals surface area contributed by atoms with Crippen LogP contribution in [-0.4, -0.2) is 16.7 Å². The average Bonchev–Trinajstić information content (AvgIpc) is 2.74. The zero-order chi connectivity index (χ0) is 13.9. The Kier molecular flexibility index (Phi) is 3.79. The standard InChI is InChI=1S/C17H17NOS/c19-17(20)18-12-11-13-7-5-6-10-15(13)16(18)14-8-3-1-2-4-9-14/h1,3-10,16H,2,11-12H2,(H,19,20). The summed E-state index contributed by atoms with van der Waals surface area (Å²) in [6.07, 6.45) is 12.4. The van der Waals surface area contributed by atoms with E-state index in [4.69, 9.17) is 0 Å². The van der Waals surface area contributed by atoms with Gasteiger partial charge in [-0.15, -0.1) is 0 Å². The molecule has 1 heterocycles. The van der Waals surface area contributed by atoms with Gasteiger partial charge < -0.3 is 4.90 Å². The lowest BCUT2D eigenvalue weighted by molar-refractivity contribution is 0.206. The molecule has 1 aliphatic carbocycles. The highest BCUT2D eigenvalue weighted by Gasteiger charge is 2.30. The van der Waals surface area contributed by atoms with Crippen molar-refractivity contribution < 1.29 is 4.79 Å². The van der Waals surface area contributed by atoms with Crippen LogP contribution in [0.2, 0.25) is 0 Å². The summed E-state index contributed by atoms with van der Waals surface area (Å²) in [6, 6.07) is 8.34. The van der Waals surface area contributed by atoms with Crippen LogP contribution >= 0.6 is 12.6 Å². The fourth-order valence-corrected chi connectivity index (χ4v) is 3.13. The zero-order valence-electron chi connectivity index (χ0n) is 11.2. The lowest BCUT2D eigenvalue weighted by atomic mass is 9.88. The van der Waals surface area contributed by atoms with E-state index in [-0.39, 0.29) is 11.3 Å². The van der Waals surface area contributed by atoms with Gasteiger partial charge in [0.15, 0.2) is 0 Å². The number of hydrogen-bond acceptors (Lipinski definition) is 1. The Morgan fingerprint density at radius 2 is 2.10 bits per heavy atom. The van der Waals surface area contributed by atoms with Crippen molar-refractivity contribution in [3.8, 4) is 0 Å². The molecule has 0 radical (unpaired) electrons. The summed E-state index contributed by atoms with van der Waals surface area (Å²) >= 11 is 4.06. The Morgan fingerprint density at radius 1 is 1.25 bits per heavy atom. The fraction of sp³-hybridized carbons (Fsp3) is 0.235. The smallest absolute Gasteiger partial charge is 0.279 e. The monoisotopic (exact) mass is 283 g/mol. The van der Waals surface area contributed by atoms with Gasteiger partial charge in [0.05, 0.1) is 6.04 Å². The quantitative estimate of drug-likeness (QED) is 0.770. The summed E-state index contributed by atoms with van der Waals surface area (Å²) in [4.78, 5) is 13.7. The molecule has 20 heavy (non-hydrogen) atoms. The first-order valence-corrected chi connectivity index (χ1v) is 7.33. The number of hydrogen-bond donors (Lipinski definition) is 1. The van der Waals surface area contributed by atoms with Gasteiger partial charge in [-0.25, -0.2) is 0 Å². The maximum absolute atomic E-state index is 11.9. The van der Waals surface area contributed by atoms with Gasteiger partial charge in [-0.2, -0.15) is 0 Å². The summed E-state index contributed by atoms with van der Waals surface area (Å²) in [5.74, 6) is 0. The molecule has 0 spiro atoms. The van der Waals surface area contributed by atoms with Gasteiger partial charge in [0.2, 0.25) is 0 Å². The highest BCUT2D eigenvalue weighted by atomic mass is 32.1. The Balaban J connectivity index is 2.09. The first-order valence-electron chi connectivity index (χ1n) is 6.88. The van der Waals surface area contributed by atoms with Gasteiger partial charge in [0.1, 0.15) is 0 Å². The molecule has 1 aromatic carbocycles. The number of carbonyl (C=O) groups is 1. The summed E-state index contributed by atoms with van der Waals surface area (Å²) in [5.41, 5.74) is 3.69. The third kappa shape index (κ3) is 2.46. The second kappa shape index (κ2) is 5.71. The lowest BCUT2D eigenvalue weighted by Gasteiger charge is -2.37. The molecule has 0 N–H and O–H groups in total. The largest absolute Gasteiger partial charge is 0.322 e. The summed E-state index contributed by atoms with van der Waals surface area (Å²) in [5, 5.41) is -0.160. The highest BCUT2D eigenvalue weighted by Crippen LogP contribution is 2.36. The molecule has 1 aliphatic heterocycles. The van der Waals surface area contributed by atoms with E-state index in [1.807, 2.05) is 11.0 Å². The average molecular weight is 283 g/mol. The molecule has 3 rings (SSSR count). The molecule has 0 saturated heterocycles. The molecule has 2 aliphatic rings. The van der Waals surface area contributed by atoms with Crippen LogP contribution in [-0.2, 0) is 6.42 Å². The molecule has 1 unspecified atom stereocenters. The van der Waals surface area contributed by atoms with Gasteiger partial charge in [-0.1, -0.05) is 67.3 Å². The van der Waals surface area contributed by atoms with Gasteiger partial charge in [-0.3, -0.25) is 4.79 Å². The molecule has 1 aromatic rings. The molecular weight excluding hydrogens is 266 g/mol. The van der Waals surface area contributed by atoms with E-state index in [1.165, 1.54) is 11.1 Å². The Labute approximate surface area is 124 Å². The van der Waals surface area contributed by atoms with Crippen LogP contribution in [0.4, 0.5) is 4.79 Å². The fourth-order valence-electron chi connectivity index (χ4n) is 2.91. The van der Waals surface area contributed by atoms with Gasteiger partial charge >= 0.3 is 0 Å². The number of rotatable bonds is 1. The summed E-state index contributed by atoms with van der Waals surface area (Å²) in [6.45, 7) is 0.721. The van der Waals surface area contributed by atoms with Crippen LogP contribution in [0.1, 0.15) is 23.6 Å². The molecule has 0 bridgehead atoms. The van der Waals surface area contributed by atoms with E-state index in [1.54, 1.807) is 0 Å². The molecular formula is C17H17NOS. The van der Waals surface area contributed by atoms with Crippen LogP contribution in [0.3, 0.4) is 0 Å². The number of carbonyl (C=O) groups excluding carboxylic acids is 1. The minimum atomic E-state index is -0.160. The van der Waals surface area contributed by atoms with Crippen molar-refractivity contribution in [2.24, 2.45) is 0 Å². The second-order valence-corrected chi connectivity index (χ2v) is 5.44. The number of allylic oxidation sites excluding steroid dienone is 4. The van der Waals surface area contributed by atoms with Gasteiger partial charge in [0.25, 0.3) is 5.24 Å². The van der Waals surface area contributed by atoms with Crippen LogP contribution in [0.5, 0.6) is 0 Å². The Bertz CT molecular complexity index is 615. The summed E-state index contributed by atoms with van der Waals surface area (Å²) < 4.78 is 0. The van der Waals surface area contributed by atoms with Crippen molar-refractivity contribution in [2.45, 2.75) is 18.9 Å². The second-order valence-electron chi connectivity index (χ2n) is 5.06. The van der Waals surface area contributed by atoms with E-state index in [2.05, 4.69) is 61.2 Å². The molecule has 3 heteroatoms. The SMILES string of the molecule is O=C(S)N1CCc2ccccc2C1C1=CC=CCC=C1. The van der Waals surface area contributed by atoms with Crippen molar-refractivity contribution in [3.05, 3.63) is 71.3 Å². The molecule has 0 fully saturated rings. The van der Waals surface area contributed by atoms with E-state index in [9.17, 15) is 4.79 Å². The minimum absolute atomic E-state index is 0.0241. The number of amides is 1. The van der Waals surface area contributed by atoms with E-state index < -0.39 is 0 Å². The van der Waals surface area contributed by atoms with Crippen LogP contribution in [0, 0.1) is 0 Å². The van der Waals surface area contributed by atoms with Crippen LogP contribution in [0.15, 0.2) is 60.2 Å². The Hall–Kier alpha value is -1.74. The van der Waals surface area contributed by atoms with Crippen molar-refractivity contribution in [3.63, 3.8) is 0 Å². The van der Waals surface area contributed by atoms with Crippen molar-refractivity contribution in [2.75, 3.05) is 6.54 Å². The van der Waals surface area contributed by atoms with Gasteiger partial charge in [-0.05, 0) is 29.5 Å². The van der Waals surface area contributed by atoms with E-state index in [0.717, 1.165) is 25.0 Å². The number of fused-ring (bicyclic) bond motifs is 1. The minimum Gasteiger partial charge on any atom is -0.322 e. The molecule has 0 aromatic heterocycles. The first kappa shape index (κ1) is 13.3. The maximum atomic E-state index is 11.9. The van der Waals surface area contributed by atoms with Crippen molar-refractivity contribution >= 4 is 17.9 Å². The predicted molar refractivity (Wildman–Crippen MR) is 85.0 cm³/mol. The highest BCUT2D eigenvalue weighted by molar-refractivity contribution is 7.96. The lowest BCUT2D eigenvalue weighted by Crippen LogP contribution is -2.38. The van der Waals surface area contributed by atoms with E-state index in [0.29, 0.717) is 0 Å².